The van der Waals surface area contributed by atoms with Crippen LogP contribution in [0.5, 0.6) is 0 Å². The van der Waals surface area contributed by atoms with Crippen LogP contribution in [-0.4, -0.2) is 52.9 Å². The Morgan fingerprint density at radius 3 is 2.47 bits per heavy atom. The first-order valence-electron chi connectivity index (χ1n) is 12.4. The second-order valence-electron chi connectivity index (χ2n) is 10.7. The number of piperidine rings is 1. The molecule has 3 aromatic rings. The second-order valence-corrected chi connectivity index (χ2v) is 10.7. The molecule has 1 unspecified atom stereocenters. The van der Waals surface area contributed by atoms with E-state index in [0.29, 0.717) is 53.6 Å². The number of aromatic nitrogens is 4. The topological polar surface area (TPSA) is 95.2 Å². The van der Waals surface area contributed by atoms with Gasteiger partial charge < -0.3 is 24.9 Å². The van der Waals surface area contributed by atoms with E-state index in [2.05, 4.69) is 39.6 Å². The Kier molecular flexibility index (Phi) is 5.27. The van der Waals surface area contributed by atoms with Gasteiger partial charge in [-0.3, -0.25) is 0 Å². The van der Waals surface area contributed by atoms with Gasteiger partial charge in [-0.05, 0) is 36.8 Å². The summed E-state index contributed by atoms with van der Waals surface area (Å²) in [7, 11) is 1.83. The van der Waals surface area contributed by atoms with Crippen molar-refractivity contribution >= 4 is 29.3 Å². The molecule has 190 valence electrons. The summed E-state index contributed by atoms with van der Waals surface area (Å²) in [5.74, 6) is 1.97. The average Bonchev–Trinajstić information content (AvgIpc) is 3.44. The van der Waals surface area contributed by atoms with Crippen LogP contribution < -0.4 is 20.4 Å². The van der Waals surface area contributed by atoms with Crippen LogP contribution in [0.1, 0.15) is 38.1 Å². The van der Waals surface area contributed by atoms with Crippen LogP contribution in [-0.2, 0) is 5.41 Å². The lowest BCUT2D eigenvalue weighted by atomic mass is 9.88. The van der Waals surface area contributed by atoms with E-state index < -0.39 is 11.6 Å². The zero-order chi connectivity index (χ0) is 25.2. The summed E-state index contributed by atoms with van der Waals surface area (Å²) in [5.41, 5.74) is 0.890. The van der Waals surface area contributed by atoms with Crippen molar-refractivity contribution in [2.24, 2.45) is 11.8 Å². The van der Waals surface area contributed by atoms with E-state index in [4.69, 9.17) is 14.4 Å². The number of fused-ring (bicyclic) bond motifs is 3. The van der Waals surface area contributed by atoms with Crippen LogP contribution in [0.4, 0.5) is 38.1 Å². The number of hydrogen-bond acceptors (Lipinski definition) is 9. The summed E-state index contributed by atoms with van der Waals surface area (Å²) < 4.78 is 34.1. The van der Waals surface area contributed by atoms with Crippen molar-refractivity contribution in [2.75, 3.05) is 47.1 Å². The number of rotatable bonds is 5. The minimum atomic E-state index is -0.612. The van der Waals surface area contributed by atoms with E-state index in [-0.39, 0.29) is 11.5 Å². The fourth-order valence-electron chi connectivity index (χ4n) is 6.14. The summed E-state index contributed by atoms with van der Waals surface area (Å²) in [6, 6.07) is 4.45. The van der Waals surface area contributed by atoms with E-state index in [1.54, 1.807) is 6.92 Å². The van der Waals surface area contributed by atoms with E-state index in [1.165, 1.54) is 12.1 Å². The molecule has 1 aromatic carbocycles. The molecule has 36 heavy (non-hydrogen) atoms. The molecule has 0 spiro atoms. The van der Waals surface area contributed by atoms with Crippen molar-refractivity contribution in [3.8, 4) is 0 Å². The zero-order valence-electron chi connectivity index (χ0n) is 20.8. The van der Waals surface area contributed by atoms with Crippen molar-refractivity contribution in [1.82, 2.24) is 20.2 Å². The molecular weight excluding hydrogens is 466 g/mol. The number of hydrogen-bond donors (Lipinski definition) is 2. The van der Waals surface area contributed by atoms with E-state index >= 15 is 0 Å². The molecule has 1 saturated heterocycles. The van der Waals surface area contributed by atoms with E-state index in [1.807, 2.05) is 11.9 Å². The highest BCUT2D eigenvalue weighted by atomic mass is 19.1. The van der Waals surface area contributed by atoms with E-state index in [0.717, 1.165) is 37.6 Å². The molecule has 2 aliphatic heterocycles. The molecule has 4 heterocycles. The van der Waals surface area contributed by atoms with Crippen molar-refractivity contribution in [3.05, 3.63) is 41.3 Å². The van der Waals surface area contributed by atoms with Gasteiger partial charge >= 0.3 is 6.01 Å². The summed E-state index contributed by atoms with van der Waals surface area (Å²) in [4.78, 5) is 13.7. The quantitative estimate of drug-likeness (QED) is 0.538. The average molecular weight is 497 g/mol. The Balaban J connectivity index is 1.32. The number of nitrogens with zero attached hydrogens (tertiary/aromatic N) is 6. The van der Waals surface area contributed by atoms with Crippen molar-refractivity contribution in [3.63, 3.8) is 0 Å². The smallest absolute Gasteiger partial charge is 0.318 e. The van der Waals surface area contributed by atoms with Gasteiger partial charge in [0, 0.05) is 56.7 Å². The van der Waals surface area contributed by atoms with Crippen LogP contribution >= 0.6 is 0 Å². The lowest BCUT2D eigenvalue weighted by molar-refractivity contribution is 0.357. The molecule has 9 nitrogen and oxygen atoms in total. The maximum atomic E-state index is 14.8. The molecule has 3 atom stereocenters. The first-order chi connectivity index (χ1) is 17.2. The van der Waals surface area contributed by atoms with Gasteiger partial charge in [0.1, 0.15) is 23.3 Å². The van der Waals surface area contributed by atoms with E-state index in [9.17, 15) is 8.78 Å². The molecular formula is C25H30F2N8O. The fourth-order valence-corrected chi connectivity index (χ4v) is 6.14. The van der Waals surface area contributed by atoms with Crippen LogP contribution in [0.15, 0.2) is 22.6 Å². The number of nitrogens with one attached hydrogen (secondary N) is 2. The van der Waals surface area contributed by atoms with Gasteiger partial charge in [-0.15, -0.1) is 5.10 Å². The molecule has 2 aromatic heterocycles. The summed E-state index contributed by atoms with van der Waals surface area (Å²) in [6.45, 7) is 8.11. The van der Waals surface area contributed by atoms with Crippen molar-refractivity contribution in [1.29, 1.82) is 0 Å². The monoisotopic (exact) mass is 496 g/mol. The summed E-state index contributed by atoms with van der Waals surface area (Å²) >= 11 is 0. The SMILES string of the molecule is CNc1nc(NC2[C@@H]3CC[C@H]2CN(c2nnc(C)o2)C3)nc2c1C(C)(C)CN2c1ccc(F)cc1F. The van der Waals surface area contributed by atoms with Gasteiger partial charge in [0.2, 0.25) is 11.8 Å². The summed E-state index contributed by atoms with van der Waals surface area (Å²) in [6.07, 6.45) is 2.19. The first kappa shape index (κ1) is 22.9. The van der Waals surface area contributed by atoms with Gasteiger partial charge in [0.15, 0.2) is 0 Å². The molecule has 2 N–H and O–H groups in total. The Bertz CT molecular complexity index is 1300. The number of halogens is 2. The molecule has 3 aliphatic rings. The Labute approximate surface area is 208 Å². The highest BCUT2D eigenvalue weighted by molar-refractivity contribution is 5.76. The molecule has 1 aliphatic carbocycles. The van der Waals surface area contributed by atoms with Crippen LogP contribution in [0.25, 0.3) is 0 Å². The minimum absolute atomic E-state index is 0.207. The third-order valence-corrected chi connectivity index (χ3v) is 7.73. The lowest BCUT2D eigenvalue weighted by Gasteiger charge is -2.37. The van der Waals surface area contributed by atoms with Crippen LogP contribution in [0, 0.1) is 30.4 Å². The Hall–Kier alpha value is -3.50. The van der Waals surface area contributed by atoms with Gasteiger partial charge in [-0.25, -0.2) is 8.78 Å². The Morgan fingerprint density at radius 1 is 1.08 bits per heavy atom. The predicted octanol–water partition coefficient (Wildman–Crippen LogP) is 4.24. The van der Waals surface area contributed by atoms with Gasteiger partial charge in [0.05, 0.1) is 5.69 Å². The van der Waals surface area contributed by atoms with Gasteiger partial charge in [-0.2, -0.15) is 9.97 Å². The molecule has 0 radical (unpaired) electrons. The zero-order valence-corrected chi connectivity index (χ0v) is 20.8. The largest absolute Gasteiger partial charge is 0.408 e. The maximum absolute atomic E-state index is 14.8. The van der Waals surface area contributed by atoms with Gasteiger partial charge in [0.25, 0.3) is 0 Å². The number of benzene rings is 1. The van der Waals surface area contributed by atoms with Crippen molar-refractivity contribution in [2.45, 2.75) is 45.1 Å². The molecule has 2 bridgehead atoms. The Morgan fingerprint density at radius 2 is 1.83 bits per heavy atom. The predicted molar refractivity (Wildman–Crippen MR) is 133 cm³/mol. The molecule has 2 fully saturated rings. The van der Waals surface area contributed by atoms with Gasteiger partial charge in [-0.1, -0.05) is 18.9 Å². The van der Waals surface area contributed by atoms with Crippen LogP contribution in [0.3, 0.4) is 0 Å². The molecule has 11 heteroatoms. The molecule has 6 rings (SSSR count). The maximum Gasteiger partial charge on any atom is 0.318 e. The summed E-state index contributed by atoms with van der Waals surface area (Å²) in [5, 5.41) is 15.0. The highest BCUT2D eigenvalue weighted by Gasteiger charge is 2.45. The van der Waals surface area contributed by atoms with Crippen molar-refractivity contribution < 1.29 is 13.2 Å². The first-order valence-corrected chi connectivity index (χ1v) is 12.4. The molecule has 1 saturated carbocycles. The molecule has 0 amide bonds. The highest BCUT2D eigenvalue weighted by Crippen LogP contribution is 2.47. The normalized spacial score (nSPS) is 24.2. The van der Waals surface area contributed by atoms with Crippen LogP contribution in [0.2, 0.25) is 0 Å². The standard InChI is InChI=1S/C25H30F2N8O/c1-13-32-33-24(36-13)34-10-14-5-6-15(11-34)20(14)29-23-30-21(28-4)19-22(31-23)35(12-25(19,2)3)18-8-7-16(26)9-17(18)27/h7-9,14-15,20H,5-6,10-12H2,1-4H3,(H2,28,29,30,31)/t14-,15+,20?. The minimum Gasteiger partial charge on any atom is -0.408 e. The lowest BCUT2D eigenvalue weighted by Crippen LogP contribution is -2.48. The number of aryl methyl sites for hydroxylation is 1. The number of anilines is 5. The second kappa shape index (κ2) is 8.28. The third-order valence-electron chi connectivity index (χ3n) is 7.73. The fraction of sp³-hybridized carbons (Fsp3) is 0.520. The third kappa shape index (κ3) is 3.72.